The Morgan fingerprint density at radius 2 is 1.88 bits per heavy atom. The van der Waals surface area contributed by atoms with E-state index in [1.165, 1.54) is 32.1 Å². The molecule has 1 heterocycles. The molecule has 0 radical (unpaired) electrons. The number of hydrogen-bond donors (Lipinski definition) is 0. The smallest absolute Gasteiger partial charge is 0.223 e. The molecule has 3 unspecified atom stereocenters. The van der Waals surface area contributed by atoms with Gasteiger partial charge in [-0.05, 0) is 43.4 Å². The number of nitrogens with zero attached hydrogens (tertiary/aromatic N) is 1. The van der Waals surface area contributed by atoms with Crippen molar-refractivity contribution in [3.8, 4) is 0 Å². The summed E-state index contributed by atoms with van der Waals surface area (Å²) in [4.78, 5) is 14.6. The van der Waals surface area contributed by atoms with Gasteiger partial charge in [0.25, 0.3) is 0 Å². The Balaban J connectivity index is 1.94. The largest absolute Gasteiger partial charge is 0.339 e. The second-order valence-corrected chi connectivity index (χ2v) is 6.41. The van der Waals surface area contributed by atoms with Crippen LogP contribution in [-0.4, -0.2) is 23.4 Å². The third kappa shape index (κ3) is 2.83. The van der Waals surface area contributed by atoms with Crippen LogP contribution >= 0.6 is 0 Å². The molecule has 1 aliphatic carbocycles. The predicted molar refractivity (Wildman–Crippen MR) is 70.7 cm³/mol. The third-order valence-corrected chi connectivity index (χ3v) is 4.95. The lowest BCUT2D eigenvalue weighted by Crippen LogP contribution is -2.46. The van der Waals surface area contributed by atoms with Crippen LogP contribution in [0.5, 0.6) is 0 Å². The number of hydrogen-bond acceptors (Lipinski definition) is 1. The van der Waals surface area contributed by atoms with Crippen LogP contribution in [0.3, 0.4) is 0 Å². The molecule has 1 saturated carbocycles. The molecule has 2 rings (SSSR count). The summed E-state index contributed by atoms with van der Waals surface area (Å²) in [5.74, 6) is 2.37. The molecule has 0 spiro atoms. The van der Waals surface area contributed by atoms with E-state index in [1.54, 1.807) is 0 Å². The molecule has 2 fully saturated rings. The van der Waals surface area contributed by atoms with Gasteiger partial charge in [-0.3, -0.25) is 4.79 Å². The van der Waals surface area contributed by atoms with E-state index in [0.717, 1.165) is 18.9 Å². The number of fused-ring (bicyclic) bond motifs is 1. The first-order chi connectivity index (χ1) is 8.09. The average molecular weight is 237 g/mol. The Bertz CT molecular complexity index is 274. The van der Waals surface area contributed by atoms with E-state index in [1.807, 2.05) is 0 Å². The summed E-state index contributed by atoms with van der Waals surface area (Å²) in [6, 6.07) is 0.593. The van der Waals surface area contributed by atoms with Gasteiger partial charge in [-0.25, -0.2) is 0 Å². The van der Waals surface area contributed by atoms with E-state index in [9.17, 15) is 4.79 Å². The molecule has 17 heavy (non-hydrogen) atoms. The van der Waals surface area contributed by atoms with Gasteiger partial charge in [0, 0.05) is 19.0 Å². The summed E-state index contributed by atoms with van der Waals surface area (Å²) >= 11 is 0. The molecule has 0 N–H and O–H groups in total. The van der Waals surface area contributed by atoms with Crippen LogP contribution in [0, 0.1) is 17.8 Å². The van der Waals surface area contributed by atoms with E-state index in [2.05, 4.69) is 25.7 Å². The molecular formula is C15H27NO. The second-order valence-electron chi connectivity index (χ2n) is 6.41. The summed E-state index contributed by atoms with van der Waals surface area (Å²) in [5, 5.41) is 0. The summed E-state index contributed by atoms with van der Waals surface area (Å²) in [6.45, 7) is 7.66. The number of piperidine rings is 1. The molecule has 1 saturated heterocycles. The van der Waals surface area contributed by atoms with Crippen LogP contribution in [0.25, 0.3) is 0 Å². The molecule has 0 aromatic rings. The zero-order valence-corrected chi connectivity index (χ0v) is 11.6. The van der Waals surface area contributed by atoms with Crippen LogP contribution in [0.2, 0.25) is 0 Å². The Labute approximate surface area is 106 Å². The predicted octanol–water partition coefficient (Wildman–Crippen LogP) is 3.46. The number of carbonyl (C=O) groups is 1. The molecule has 3 atom stereocenters. The number of carbonyl (C=O) groups excluding carboxylic acids is 1. The van der Waals surface area contributed by atoms with Crippen molar-refractivity contribution in [3.63, 3.8) is 0 Å². The molecule has 2 nitrogen and oxygen atoms in total. The zero-order chi connectivity index (χ0) is 12.4. The molecular weight excluding hydrogens is 210 g/mol. The van der Waals surface area contributed by atoms with Gasteiger partial charge in [-0.1, -0.05) is 27.2 Å². The first-order valence-corrected chi connectivity index (χ1v) is 7.39. The molecule has 2 heteroatoms. The molecule has 0 aromatic heterocycles. The summed E-state index contributed by atoms with van der Waals surface area (Å²) in [6.07, 6.45) is 7.28. The monoisotopic (exact) mass is 237 g/mol. The van der Waals surface area contributed by atoms with Gasteiger partial charge in [-0.15, -0.1) is 0 Å². The summed E-state index contributed by atoms with van der Waals surface area (Å²) in [5.41, 5.74) is 0. The fourth-order valence-corrected chi connectivity index (χ4v) is 3.39. The van der Waals surface area contributed by atoms with Crippen molar-refractivity contribution in [2.24, 2.45) is 17.8 Å². The third-order valence-electron chi connectivity index (χ3n) is 4.95. The quantitative estimate of drug-likeness (QED) is 0.736. The molecule has 1 aliphatic heterocycles. The van der Waals surface area contributed by atoms with Crippen LogP contribution in [0.4, 0.5) is 0 Å². The second kappa shape index (κ2) is 5.41. The van der Waals surface area contributed by atoms with Crippen LogP contribution in [0.1, 0.15) is 59.3 Å². The fourth-order valence-electron chi connectivity index (χ4n) is 3.39. The number of likely N-dealkylation sites (tertiary alicyclic amines) is 1. The Hall–Kier alpha value is -0.530. The maximum atomic E-state index is 12.4. The average Bonchev–Trinajstić information content (AvgIpc) is 2.76. The highest BCUT2D eigenvalue weighted by molar-refractivity contribution is 5.77. The van der Waals surface area contributed by atoms with Crippen molar-refractivity contribution in [1.29, 1.82) is 0 Å². The lowest BCUT2D eigenvalue weighted by Gasteiger charge is -2.38. The SMILES string of the molecule is CC(C)C(C)CC(=O)N1CCCC2CCCC21. The minimum absolute atomic E-state index is 0.419. The van der Waals surface area contributed by atoms with Crippen molar-refractivity contribution in [2.45, 2.75) is 65.3 Å². The van der Waals surface area contributed by atoms with Crippen molar-refractivity contribution >= 4 is 5.91 Å². The lowest BCUT2D eigenvalue weighted by molar-refractivity contribution is -0.137. The molecule has 0 bridgehead atoms. The van der Waals surface area contributed by atoms with E-state index in [4.69, 9.17) is 0 Å². The van der Waals surface area contributed by atoms with Crippen LogP contribution < -0.4 is 0 Å². The van der Waals surface area contributed by atoms with Gasteiger partial charge in [0.2, 0.25) is 5.91 Å². The van der Waals surface area contributed by atoms with Gasteiger partial charge in [-0.2, -0.15) is 0 Å². The van der Waals surface area contributed by atoms with Gasteiger partial charge in [0.15, 0.2) is 0 Å². The fraction of sp³-hybridized carbons (Fsp3) is 0.933. The summed E-state index contributed by atoms with van der Waals surface area (Å²) in [7, 11) is 0. The highest BCUT2D eigenvalue weighted by atomic mass is 16.2. The van der Waals surface area contributed by atoms with Gasteiger partial charge >= 0.3 is 0 Å². The van der Waals surface area contributed by atoms with Gasteiger partial charge < -0.3 is 4.90 Å². The minimum atomic E-state index is 0.419. The van der Waals surface area contributed by atoms with E-state index in [-0.39, 0.29) is 0 Å². The van der Waals surface area contributed by atoms with Crippen molar-refractivity contribution < 1.29 is 4.79 Å². The van der Waals surface area contributed by atoms with E-state index < -0.39 is 0 Å². The van der Waals surface area contributed by atoms with Crippen LogP contribution in [0.15, 0.2) is 0 Å². The molecule has 1 amide bonds. The van der Waals surface area contributed by atoms with Crippen LogP contribution in [-0.2, 0) is 4.79 Å². The Morgan fingerprint density at radius 1 is 1.18 bits per heavy atom. The van der Waals surface area contributed by atoms with Crippen molar-refractivity contribution in [3.05, 3.63) is 0 Å². The Kier molecular flexibility index (Phi) is 4.11. The maximum Gasteiger partial charge on any atom is 0.223 e. The maximum absolute atomic E-state index is 12.4. The minimum Gasteiger partial charge on any atom is -0.339 e. The Morgan fingerprint density at radius 3 is 2.59 bits per heavy atom. The van der Waals surface area contributed by atoms with E-state index in [0.29, 0.717) is 23.8 Å². The first kappa shape index (κ1) is 12.9. The molecule has 0 aromatic carbocycles. The highest BCUT2D eigenvalue weighted by Gasteiger charge is 2.37. The van der Waals surface area contributed by atoms with Gasteiger partial charge in [0.1, 0.15) is 0 Å². The normalized spacial score (nSPS) is 30.5. The number of amides is 1. The highest BCUT2D eigenvalue weighted by Crippen LogP contribution is 2.37. The summed E-state index contributed by atoms with van der Waals surface area (Å²) < 4.78 is 0. The molecule has 2 aliphatic rings. The zero-order valence-electron chi connectivity index (χ0n) is 11.6. The number of rotatable bonds is 3. The lowest BCUT2D eigenvalue weighted by atomic mass is 9.89. The topological polar surface area (TPSA) is 20.3 Å². The van der Waals surface area contributed by atoms with Crippen molar-refractivity contribution in [2.75, 3.05) is 6.54 Å². The van der Waals surface area contributed by atoms with Crippen molar-refractivity contribution in [1.82, 2.24) is 4.90 Å². The molecule has 98 valence electrons. The first-order valence-electron chi connectivity index (χ1n) is 7.39. The standard InChI is InChI=1S/C15H27NO/c1-11(2)12(3)10-15(17)16-9-5-7-13-6-4-8-14(13)16/h11-14H,4-10H2,1-3H3. The van der Waals surface area contributed by atoms with E-state index >= 15 is 0 Å². The van der Waals surface area contributed by atoms with Gasteiger partial charge in [0.05, 0.1) is 0 Å².